The predicted molar refractivity (Wildman–Crippen MR) is 106 cm³/mol. The maximum atomic E-state index is 12.6. The maximum absolute atomic E-state index is 12.6. The minimum atomic E-state index is -0.533. The van der Waals surface area contributed by atoms with Gasteiger partial charge in [-0.15, -0.1) is 0 Å². The molecule has 2 aromatic heterocycles. The fourth-order valence-corrected chi connectivity index (χ4v) is 3.30. The molecule has 0 amide bonds. The first-order valence-corrected chi connectivity index (χ1v) is 8.93. The van der Waals surface area contributed by atoms with E-state index in [0.29, 0.717) is 11.1 Å². The summed E-state index contributed by atoms with van der Waals surface area (Å²) in [6.45, 7) is 3.49. The molecule has 0 atom stereocenters. The van der Waals surface area contributed by atoms with Gasteiger partial charge >= 0.3 is 5.97 Å². The number of H-pyrrole nitrogens is 1. The van der Waals surface area contributed by atoms with Crippen molar-refractivity contribution in [3.63, 3.8) is 0 Å². The summed E-state index contributed by atoms with van der Waals surface area (Å²) in [5, 5.41) is 5.07. The third-order valence-corrected chi connectivity index (χ3v) is 4.69. The van der Waals surface area contributed by atoms with E-state index < -0.39 is 5.97 Å². The van der Waals surface area contributed by atoms with Crippen LogP contribution in [0.5, 0.6) is 0 Å². The van der Waals surface area contributed by atoms with E-state index in [-0.39, 0.29) is 12.4 Å². The highest BCUT2D eigenvalue weighted by molar-refractivity contribution is 6.10. The molecule has 6 heteroatoms. The number of hydrogen-bond donors (Lipinski definition) is 1. The minimum Gasteiger partial charge on any atom is -0.454 e. The van der Waals surface area contributed by atoms with Crippen LogP contribution in [0.25, 0.3) is 16.6 Å². The van der Waals surface area contributed by atoms with E-state index in [1.807, 2.05) is 44.2 Å². The third-order valence-electron chi connectivity index (χ3n) is 4.69. The Hall–Kier alpha value is -3.67. The summed E-state index contributed by atoms with van der Waals surface area (Å²) in [6, 6.07) is 16.4. The second-order valence-electron chi connectivity index (χ2n) is 6.60. The molecule has 0 aliphatic heterocycles. The highest BCUT2D eigenvalue weighted by Crippen LogP contribution is 2.22. The molecule has 0 bridgehead atoms. The van der Waals surface area contributed by atoms with Crippen molar-refractivity contribution in [1.29, 1.82) is 0 Å². The van der Waals surface area contributed by atoms with Crippen molar-refractivity contribution < 1.29 is 14.3 Å². The van der Waals surface area contributed by atoms with Crippen LogP contribution in [0.4, 0.5) is 0 Å². The molecule has 0 aliphatic rings. The first-order valence-electron chi connectivity index (χ1n) is 8.93. The fraction of sp³-hybridized carbons (Fsp3) is 0.136. The van der Waals surface area contributed by atoms with Crippen molar-refractivity contribution in [2.75, 3.05) is 6.61 Å². The Morgan fingerprint density at radius 1 is 1.04 bits per heavy atom. The van der Waals surface area contributed by atoms with E-state index in [9.17, 15) is 9.59 Å². The van der Waals surface area contributed by atoms with Crippen LogP contribution in [-0.4, -0.2) is 33.1 Å². The number of hydrogen-bond acceptors (Lipinski definition) is 4. The molecule has 6 nitrogen and oxygen atoms in total. The Bertz CT molecular complexity index is 1170. The van der Waals surface area contributed by atoms with Gasteiger partial charge in [-0.3, -0.25) is 4.79 Å². The molecule has 4 rings (SSSR count). The number of carbonyl (C=O) groups excluding carboxylic acids is 2. The van der Waals surface area contributed by atoms with Gasteiger partial charge in [0.15, 0.2) is 6.61 Å². The van der Waals surface area contributed by atoms with E-state index >= 15 is 0 Å². The number of fused-ring (bicyclic) bond motifs is 1. The van der Waals surface area contributed by atoms with Gasteiger partial charge in [0, 0.05) is 34.1 Å². The fourth-order valence-electron chi connectivity index (χ4n) is 3.30. The van der Waals surface area contributed by atoms with Crippen LogP contribution in [0.3, 0.4) is 0 Å². The van der Waals surface area contributed by atoms with Crippen LogP contribution < -0.4 is 0 Å². The molecule has 28 heavy (non-hydrogen) atoms. The topological polar surface area (TPSA) is 77.0 Å². The van der Waals surface area contributed by atoms with Crippen molar-refractivity contribution in [1.82, 2.24) is 14.8 Å². The molecule has 0 saturated carbocycles. The number of aromatic amines is 1. The average Bonchev–Trinajstić information content (AvgIpc) is 3.28. The number of nitrogens with zero attached hydrogens (tertiary/aromatic N) is 2. The van der Waals surface area contributed by atoms with Gasteiger partial charge in [-0.05, 0) is 50.2 Å². The number of carbonyl (C=O) groups is 2. The zero-order valence-corrected chi connectivity index (χ0v) is 15.6. The number of rotatable bonds is 5. The van der Waals surface area contributed by atoms with E-state index in [1.165, 1.54) is 0 Å². The van der Waals surface area contributed by atoms with E-state index in [0.717, 1.165) is 28.0 Å². The summed E-state index contributed by atoms with van der Waals surface area (Å²) < 4.78 is 7.02. The molecule has 0 fully saturated rings. The first-order chi connectivity index (χ1) is 13.5. The van der Waals surface area contributed by atoms with Crippen LogP contribution in [0.15, 0.2) is 60.8 Å². The third kappa shape index (κ3) is 3.20. The smallest absolute Gasteiger partial charge is 0.338 e. The maximum Gasteiger partial charge on any atom is 0.338 e. The quantitative estimate of drug-likeness (QED) is 0.424. The van der Waals surface area contributed by atoms with Crippen LogP contribution >= 0.6 is 0 Å². The molecule has 0 unspecified atom stereocenters. The Morgan fingerprint density at radius 3 is 2.50 bits per heavy atom. The van der Waals surface area contributed by atoms with Crippen LogP contribution in [0, 0.1) is 13.8 Å². The highest BCUT2D eigenvalue weighted by Gasteiger charge is 2.18. The lowest BCUT2D eigenvalue weighted by Gasteiger charge is -2.07. The Kier molecular flexibility index (Phi) is 4.53. The monoisotopic (exact) mass is 373 g/mol. The number of benzene rings is 2. The van der Waals surface area contributed by atoms with Gasteiger partial charge in [-0.2, -0.15) is 5.10 Å². The number of ether oxygens (including phenoxy) is 1. The van der Waals surface area contributed by atoms with E-state index in [1.54, 1.807) is 35.1 Å². The first kappa shape index (κ1) is 17.7. The Labute approximate surface area is 161 Å². The minimum absolute atomic E-state index is 0.230. The molecule has 0 spiro atoms. The van der Waals surface area contributed by atoms with Gasteiger partial charge in [-0.1, -0.05) is 18.2 Å². The van der Waals surface area contributed by atoms with Crippen molar-refractivity contribution in [2.24, 2.45) is 0 Å². The number of ketones is 1. The Morgan fingerprint density at radius 2 is 1.79 bits per heavy atom. The van der Waals surface area contributed by atoms with Crippen LogP contribution in [0.2, 0.25) is 0 Å². The number of nitrogens with one attached hydrogen (secondary N) is 1. The average molecular weight is 373 g/mol. The number of para-hydroxylation sites is 1. The van der Waals surface area contributed by atoms with Crippen molar-refractivity contribution in [2.45, 2.75) is 13.8 Å². The lowest BCUT2D eigenvalue weighted by Crippen LogP contribution is -2.15. The van der Waals surface area contributed by atoms with Gasteiger partial charge in [-0.25, -0.2) is 9.48 Å². The number of esters is 1. The largest absolute Gasteiger partial charge is 0.454 e. The van der Waals surface area contributed by atoms with Crippen molar-refractivity contribution in [3.05, 3.63) is 83.3 Å². The van der Waals surface area contributed by atoms with Gasteiger partial charge in [0.2, 0.25) is 5.78 Å². The van der Waals surface area contributed by atoms with Gasteiger partial charge in [0.25, 0.3) is 0 Å². The Balaban J connectivity index is 1.46. The van der Waals surface area contributed by atoms with Gasteiger partial charge in [0.1, 0.15) is 0 Å². The van der Waals surface area contributed by atoms with Crippen LogP contribution in [0.1, 0.15) is 32.1 Å². The zero-order chi connectivity index (χ0) is 19.7. The van der Waals surface area contributed by atoms with E-state index in [4.69, 9.17) is 4.74 Å². The zero-order valence-electron chi connectivity index (χ0n) is 15.6. The number of aryl methyl sites for hydroxylation is 2. The number of aromatic nitrogens is 3. The van der Waals surface area contributed by atoms with Crippen molar-refractivity contribution in [3.8, 4) is 5.69 Å². The summed E-state index contributed by atoms with van der Waals surface area (Å²) >= 11 is 0. The summed E-state index contributed by atoms with van der Waals surface area (Å²) in [5.41, 5.74) is 4.45. The van der Waals surface area contributed by atoms with E-state index in [2.05, 4.69) is 10.1 Å². The van der Waals surface area contributed by atoms with Gasteiger partial charge in [0.05, 0.1) is 11.3 Å². The predicted octanol–water partition coefficient (Wildman–Crippen LogP) is 4.01. The summed E-state index contributed by atoms with van der Waals surface area (Å²) in [6.07, 6.45) is 1.72. The van der Waals surface area contributed by atoms with Crippen molar-refractivity contribution >= 4 is 22.7 Å². The SMILES string of the molecule is Cc1[nH]c2ccccc2c1C(=O)COC(=O)c1ccc(-n2nccc2C)cc1. The molecule has 1 N–H and O–H groups in total. The second kappa shape index (κ2) is 7.15. The lowest BCUT2D eigenvalue weighted by atomic mass is 10.1. The normalized spacial score (nSPS) is 10.9. The van der Waals surface area contributed by atoms with Crippen LogP contribution in [-0.2, 0) is 4.74 Å². The summed E-state index contributed by atoms with van der Waals surface area (Å²) in [4.78, 5) is 28.1. The molecule has 0 radical (unpaired) electrons. The molecule has 2 heterocycles. The molecule has 2 aromatic carbocycles. The molecular formula is C22H19N3O3. The lowest BCUT2D eigenvalue weighted by molar-refractivity contribution is 0.0475. The highest BCUT2D eigenvalue weighted by atomic mass is 16.5. The molecular weight excluding hydrogens is 354 g/mol. The number of Topliss-reactive ketones (excluding diaryl/α,β-unsaturated/α-hetero) is 1. The standard InChI is InChI=1S/C22H19N3O3/c1-14-11-12-23-25(14)17-9-7-16(8-10-17)22(27)28-13-20(26)21-15(2)24-19-6-4-3-5-18(19)21/h3-12,24H,13H2,1-2H3. The molecule has 0 aliphatic carbocycles. The summed E-state index contributed by atoms with van der Waals surface area (Å²) in [7, 11) is 0. The molecule has 4 aromatic rings. The molecule has 140 valence electrons. The second-order valence-corrected chi connectivity index (χ2v) is 6.60. The van der Waals surface area contributed by atoms with Gasteiger partial charge < -0.3 is 9.72 Å². The molecule has 0 saturated heterocycles. The summed E-state index contributed by atoms with van der Waals surface area (Å²) in [5.74, 6) is -0.762.